The summed E-state index contributed by atoms with van der Waals surface area (Å²) >= 11 is 0. The SMILES string of the molecule is CCOC(=O)c1ccc([N+](=O)[O-])cc1N(C)C(=O)COc1ccc(OC)cc1. The molecule has 2 aromatic carbocycles. The zero-order valence-electron chi connectivity index (χ0n) is 15.7. The van der Waals surface area contributed by atoms with E-state index in [0.29, 0.717) is 11.5 Å². The Balaban J connectivity index is 2.20. The van der Waals surface area contributed by atoms with Crippen molar-refractivity contribution in [3.05, 3.63) is 58.1 Å². The second-order valence-electron chi connectivity index (χ2n) is 5.60. The Morgan fingerprint density at radius 1 is 1.11 bits per heavy atom. The standard InChI is InChI=1S/C19H20N2O7/c1-4-27-19(23)16-10-5-13(21(24)25)11-17(16)20(2)18(22)12-28-15-8-6-14(26-3)7-9-15/h5-11H,4,12H2,1-3H3. The van der Waals surface area contributed by atoms with Crippen LogP contribution in [0.15, 0.2) is 42.5 Å². The lowest BCUT2D eigenvalue weighted by molar-refractivity contribution is -0.384. The van der Waals surface area contributed by atoms with Crippen LogP contribution in [0.2, 0.25) is 0 Å². The average molecular weight is 388 g/mol. The molecule has 9 heteroatoms. The summed E-state index contributed by atoms with van der Waals surface area (Å²) < 4.78 is 15.4. The molecule has 1 amide bonds. The lowest BCUT2D eigenvalue weighted by Gasteiger charge is -2.20. The molecule has 0 radical (unpaired) electrons. The van der Waals surface area contributed by atoms with Gasteiger partial charge in [-0.15, -0.1) is 0 Å². The highest BCUT2D eigenvalue weighted by atomic mass is 16.6. The zero-order chi connectivity index (χ0) is 20.7. The Hall–Kier alpha value is -3.62. The molecule has 0 fully saturated rings. The van der Waals surface area contributed by atoms with E-state index >= 15 is 0 Å². The Bertz CT molecular complexity index is 865. The first-order chi connectivity index (χ1) is 13.4. The molecule has 0 N–H and O–H groups in total. The normalized spacial score (nSPS) is 10.1. The maximum absolute atomic E-state index is 12.5. The number of rotatable bonds is 8. The van der Waals surface area contributed by atoms with Gasteiger partial charge in [0.1, 0.15) is 11.5 Å². The molecule has 0 spiro atoms. The number of non-ortho nitro benzene ring substituents is 1. The van der Waals surface area contributed by atoms with Crippen LogP contribution < -0.4 is 14.4 Å². The van der Waals surface area contributed by atoms with Gasteiger partial charge in [-0.3, -0.25) is 14.9 Å². The fourth-order valence-electron chi connectivity index (χ4n) is 2.34. The fraction of sp³-hybridized carbons (Fsp3) is 0.263. The molecule has 2 aromatic rings. The van der Waals surface area contributed by atoms with E-state index in [0.717, 1.165) is 11.0 Å². The molecule has 0 unspecified atom stereocenters. The third kappa shape index (κ3) is 4.97. The number of ether oxygens (including phenoxy) is 3. The van der Waals surface area contributed by atoms with E-state index in [1.165, 1.54) is 26.3 Å². The summed E-state index contributed by atoms with van der Waals surface area (Å²) in [5.41, 5.74) is -0.137. The number of carbonyl (C=O) groups excluding carboxylic acids is 2. The molecule has 28 heavy (non-hydrogen) atoms. The van der Waals surface area contributed by atoms with E-state index < -0.39 is 16.8 Å². The van der Waals surface area contributed by atoms with Gasteiger partial charge in [0.2, 0.25) is 0 Å². The quantitative estimate of drug-likeness (QED) is 0.389. The number of likely N-dealkylation sites (N-methyl/N-ethyl adjacent to an activating group) is 1. The van der Waals surface area contributed by atoms with Crippen LogP contribution in [0.4, 0.5) is 11.4 Å². The Morgan fingerprint density at radius 2 is 1.75 bits per heavy atom. The first-order valence-electron chi connectivity index (χ1n) is 8.36. The van der Waals surface area contributed by atoms with Crippen LogP contribution in [0, 0.1) is 10.1 Å². The first kappa shape index (κ1) is 20.7. The molecule has 9 nitrogen and oxygen atoms in total. The van der Waals surface area contributed by atoms with E-state index in [1.54, 1.807) is 31.2 Å². The molecule has 0 bridgehead atoms. The van der Waals surface area contributed by atoms with E-state index in [2.05, 4.69) is 0 Å². The number of nitro groups is 1. The van der Waals surface area contributed by atoms with Crippen molar-refractivity contribution < 1.29 is 28.7 Å². The summed E-state index contributed by atoms with van der Waals surface area (Å²) in [5.74, 6) is -0.0799. The number of methoxy groups -OCH3 is 1. The Kier molecular flexibility index (Phi) is 6.91. The highest BCUT2D eigenvalue weighted by Gasteiger charge is 2.23. The number of nitrogens with zero attached hydrogens (tertiary/aromatic N) is 2. The second kappa shape index (κ2) is 9.36. The molecule has 0 aliphatic carbocycles. The van der Waals surface area contributed by atoms with Crippen molar-refractivity contribution in [1.29, 1.82) is 0 Å². The van der Waals surface area contributed by atoms with Gasteiger partial charge in [-0.05, 0) is 37.3 Å². The maximum atomic E-state index is 12.5. The van der Waals surface area contributed by atoms with Crippen LogP contribution in [-0.2, 0) is 9.53 Å². The molecule has 0 atom stereocenters. The number of esters is 1. The van der Waals surface area contributed by atoms with Crippen molar-refractivity contribution in [3.8, 4) is 11.5 Å². The topological polar surface area (TPSA) is 108 Å². The lowest BCUT2D eigenvalue weighted by Crippen LogP contribution is -2.32. The van der Waals surface area contributed by atoms with Crippen LogP contribution in [0.3, 0.4) is 0 Å². The number of benzene rings is 2. The molecule has 0 heterocycles. The number of amides is 1. The number of hydrogen-bond acceptors (Lipinski definition) is 7. The van der Waals surface area contributed by atoms with Crippen molar-refractivity contribution in [2.24, 2.45) is 0 Å². The van der Waals surface area contributed by atoms with Gasteiger partial charge >= 0.3 is 5.97 Å². The Labute approximate surface area is 161 Å². The summed E-state index contributed by atoms with van der Waals surface area (Å²) in [6.07, 6.45) is 0. The molecule has 0 saturated heterocycles. The van der Waals surface area contributed by atoms with Gasteiger partial charge in [0.05, 0.1) is 29.9 Å². The van der Waals surface area contributed by atoms with E-state index in [9.17, 15) is 19.7 Å². The minimum Gasteiger partial charge on any atom is -0.497 e. The van der Waals surface area contributed by atoms with Crippen LogP contribution in [-0.4, -0.2) is 44.2 Å². The number of carbonyl (C=O) groups is 2. The molecule has 0 aromatic heterocycles. The van der Waals surface area contributed by atoms with Crippen LogP contribution >= 0.6 is 0 Å². The van der Waals surface area contributed by atoms with Gasteiger partial charge in [0, 0.05) is 19.2 Å². The van der Waals surface area contributed by atoms with Crippen LogP contribution in [0.1, 0.15) is 17.3 Å². The lowest BCUT2D eigenvalue weighted by atomic mass is 10.1. The molecular weight excluding hydrogens is 368 g/mol. The third-order valence-electron chi connectivity index (χ3n) is 3.84. The second-order valence-corrected chi connectivity index (χ2v) is 5.60. The van der Waals surface area contributed by atoms with E-state index in [1.807, 2.05) is 0 Å². The number of anilines is 1. The molecule has 148 valence electrons. The van der Waals surface area contributed by atoms with Crippen molar-refractivity contribution >= 4 is 23.3 Å². The van der Waals surface area contributed by atoms with Crippen LogP contribution in [0.25, 0.3) is 0 Å². The van der Waals surface area contributed by atoms with Gasteiger partial charge in [-0.1, -0.05) is 0 Å². The highest BCUT2D eigenvalue weighted by molar-refractivity contribution is 6.03. The van der Waals surface area contributed by atoms with Crippen molar-refractivity contribution in [2.75, 3.05) is 32.3 Å². The highest BCUT2D eigenvalue weighted by Crippen LogP contribution is 2.27. The molecule has 0 aliphatic heterocycles. The molecule has 0 aliphatic rings. The van der Waals surface area contributed by atoms with Gasteiger partial charge in [0.25, 0.3) is 11.6 Å². The van der Waals surface area contributed by atoms with Crippen molar-refractivity contribution in [1.82, 2.24) is 0 Å². The van der Waals surface area contributed by atoms with Crippen molar-refractivity contribution in [3.63, 3.8) is 0 Å². The summed E-state index contributed by atoms with van der Waals surface area (Å²) in [6, 6.07) is 10.2. The first-order valence-corrected chi connectivity index (χ1v) is 8.36. The number of hydrogen-bond donors (Lipinski definition) is 0. The van der Waals surface area contributed by atoms with Gasteiger partial charge < -0.3 is 19.1 Å². The number of nitro benzene ring substituents is 1. The zero-order valence-corrected chi connectivity index (χ0v) is 15.7. The summed E-state index contributed by atoms with van der Waals surface area (Å²) in [6.45, 7) is 1.45. The van der Waals surface area contributed by atoms with Gasteiger partial charge in [-0.2, -0.15) is 0 Å². The minimum atomic E-state index is -0.678. The van der Waals surface area contributed by atoms with E-state index in [4.69, 9.17) is 14.2 Å². The molecular formula is C19H20N2O7. The van der Waals surface area contributed by atoms with Gasteiger partial charge in [-0.25, -0.2) is 4.79 Å². The van der Waals surface area contributed by atoms with E-state index in [-0.39, 0.29) is 30.2 Å². The molecule has 2 rings (SSSR count). The van der Waals surface area contributed by atoms with Gasteiger partial charge in [0.15, 0.2) is 6.61 Å². The Morgan fingerprint density at radius 3 is 2.32 bits per heavy atom. The predicted octanol–water partition coefficient (Wildman–Crippen LogP) is 2.82. The maximum Gasteiger partial charge on any atom is 0.340 e. The van der Waals surface area contributed by atoms with Crippen LogP contribution in [0.5, 0.6) is 11.5 Å². The third-order valence-corrected chi connectivity index (χ3v) is 3.84. The average Bonchev–Trinajstić information content (AvgIpc) is 2.71. The largest absolute Gasteiger partial charge is 0.497 e. The smallest absolute Gasteiger partial charge is 0.340 e. The molecule has 0 saturated carbocycles. The summed E-state index contributed by atoms with van der Waals surface area (Å²) in [4.78, 5) is 36.2. The monoisotopic (exact) mass is 388 g/mol. The van der Waals surface area contributed by atoms with Crippen molar-refractivity contribution in [2.45, 2.75) is 6.92 Å². The fourth-order valence-corrected chi connectivity index (χ4v) is 2.34. The predicted molar refractivity (Wildman–Crippen MR) is 101 cm³/mol. The summed E-state index contributed by atoms with van der Waals surface area (Å²) in [7, 11) is 2.94. The minimum absolute atomic E-state index is 0.0488. The summed E-state index contributed by atoms with van der Waals surface area (Å²) in [5, 5.41) is 11.1.